The van der Waals surface area contributed by atoms with Crippen molar-refractivity contribution in [2.75, 3.05) is 20.3 Å². The molecule has 0 aromatic heterocycles. The van der Waals surface area contributed by atoms with E-state index >= 15 is 0 Å². The van der Waals surface area contributed by atoms with E-state index in [4.69, 9.17) is 14.2 Å². The van der Waals surface area contributed by atoms with Gasteiger partial charge >= 0.3 is 0 Å². The topological polar surface area (TPSA) is 47.9 Å². The molecule has 1 saturated heterocycles. The first-order chi connectivity index (χ1) is 12.1. The van der Waals surface area contributed by atoms with Gasteiger partial charge in [0.1, 0.15) is 5.75 Å². The molecule has 1 aromatic rings. The fourth-order valence-electron chi connectivity index (χ4n) is 5.12. The molecule has 3 aliphatic rings. The van der Waals surface area contributed by atoms with Crippen LogP contribution in [0.25, 0.3) is 0 Å². The smallest absolute Gasteiger partial charge is 0.168 e. The molecular formula is C21H30O4. The van der Waals surface area contributed by atoms with E-state index in [1.807, 2.05) is 24.3 Å². The molecule has 0 amide bonds. The largest absolute Gasteiger partial charge is 0.497 e. The molecule has 2 saturated carbocycles. The Bertz CT molecular complexity index is 558. The number of rotatable bonds is 3. The zero-order valence-electron chi connectivity index (χ0n) is 15.2. The molecule has 0 bridgehead atoms. The SMILES string of the molecule is COc1ccc(C2(O)CCC(C3CCC4(CC3)OCCO4)CC2)cc1. The van der Waals surface area contributed by atoms with Crippen molar-refractivity contribution < 1.29 is 19.3 Å². The lowest BCUT2D eigenvalue weighted by Gasteiger charge is -2.43. The summed E-state index contributed by atoms with van der Waals surface area (Å²) in [6.45, 7) is 1.51. The number of methoxy groups -OCH3 is 1. The monoisotopic (exact) mass is 346 g/mol. The molecule has 2 aliphatic carbocycles. The molecule has 1 aromatic carbocycles. The van der Waals surface area contributed by atoms with Crippen LogP contribution in [0.5, 0.6) is 5.75 Å². The fourth-order valence-corrected chi connectivity index (χ4v) is 5.12. The van der Waals surface area contributed by atoms with Gasteiger partial charge in [-0.2, -0.15) is 0 Å². The van der Waals surface area contributed by atoms with Crippen LogP contribution in [0.3, 0.4) is 0 Å². The Balaban J connectivity index is 1.33. The Hall–Kier alpha value is -1.10. The third-order valence-electron chi connectivity index (χ3n) is 6.76. The maximum absolute atomic E-state index is 11.1. The molecule has 25 heavy (non-hydrogen) atoms. The van der Waals surface area contributed by atoms with Crippen LogP contribution >= 0.6 is 0 Å². The molecule has 138 valence electrons. The molecule has 0 atom stereocenters. The highest BCUT2D eigenvalue weighted by Gasteiger charge is 2.44. The van der Waals surface area contributed by atoms with Crippen molar-refractivity contribution in [2.45, 2.75) is 62.8 Å². The average molecular weight is 346 g/mol. The van der Waals surface area contributed by atoms with Crippen LogP contribution in [-0.4, -0.2) is 31.2 Å². The Labute approximate surface area is 150 Å². The first-order valence-electron chi connectivity index (χ1n) is 9.77. The zero-order chi connectivity index (χ0) is 17.3. The molecule has 4 heteroatoms. The maximum atomic E-state index is 11.1. The van der Waals surface area contributed by atoms with Gasteiger partial charge in [-0.05, 0) is 68.1 Å². The van der Waals surface area contributed by atoms with Gasteiger partial charge in [0.15, 0.2) is 5.79 Å². The number of benzene rings is 1. The summed E-state index contributed by atoms with van der Waals surface area (Å²) >= 11 is 0. The minimum absolute atomic E-state index is 0.255. The molecule has 0 unspecified atom stereocenters. The highest BCUT2D eigenvalue weighted by molar-refractivity contribution is 5.31. The lowest BCUT2D eigenvalue weighted by Crippen LogP contribution is -2.39. The highest BCUT2D eigenvalue weighted by atomic mass is 16.7. The minimum atomic E-state index is -0.670. The van der Waals surface area contributed by atoms with Gasteiger partial charge in [0.25, 0.3) is 0 Å². The van der Waals surface area contributed by atoms with Crippen molar-refractivity contribution in [3.8, 4) is 5.75 Å². The van der Waals surface area contributed by atoms with Crippen LogP contribution in [-0.2, 0) is 15.1 Å². The van der Waals surface area contributed by atoms with E-state index in [0.29, 0.717) is 0 Å². The molecule has 3 fully saturated rings. The summed E-state index contributed by atoms with van der Waals surface area (Å²) in [5.41, 5.74) is 0.359. The van der Waals surface area contributed by atoms with Gasteiger partial charge in [-0.15, -0.1) is 0 Å². The number of aliphatic hydroxyl groups is 1. The van der Waals surface area contributed by atoms with E-state index in [-0.39, 0.29) is 5.79 Å². The summed E-state index contributed by atoms with van der Waals surface area (Å²) < 4.78 is 16.9. The first kappa shape index (κ1) is 17.3. The van der Waals surface area contributed by atoms with E-state index < -0.39 is 5.60 Å². The summed E-state index contributed by atoms with van der Waals surface area (Å²) in [5.74, 6) is 2.08. The van der Waals surface area contributed by atoms with Gasteiger partial charge in [0, 0.05) is 12.8 Å². The lowest BCUT2D eigenvalue weighted by molar-refractivity contribution is -0.186. The van der Waals surface area contributed by atoms with Crippen molar-refractivity contribution in [3.63, 3.8) is 0 Å². The molecule has 1 spiro atoms. The van der Waals surface area contributed by atoms with Crippen molar-refractivity contribution in [1.29, 1.82) is 0 Å². The lowest BCUT2D eigenvalue weighted by atomic mass is 9.67. The second-order valence-corrected chi connectivity index (χ2v) is 8.04. The predicted octanol–water partition coefficient (Wildman–Crippen LogP) is 4.01. The summed E-state index contributed by atoms with van der Waals surface area (Å²) in [6, 6.07) is 7.92. The van der Waals surface area contributed by atoms with Crippen molar-refractivity contribution in [1.82, 2.24) is 0 Å². The first-order valence-corrected chi connectivity index (χ1v) is 9.77. The zero-order valence-corrected chi connectivity index (χ0v) is 15.2. The van der Waals surface area contributed by atoms with Gasteiger partial charge in [-0.25, -0.2) is 0 Å². The maximum Gasteiger partial charge on any atom is 0.168 e. The summed E-state index contributed by atoms with van der Waals surface area (Å²) in [4.78, 5) is 0. The van der Waals surface area contributed by atoms with Crippen LogP contribution in [0, 0.1) is 11.8 Å². The fraction of sp³-hybridized carbons (Fsp3) is 0.714. The minimum Gasteiger partial charge on any atom is -0.497 e. The Morgan fingerprint density at radius 3 is 1.92 bits per heavy atom. The van der Waals surface area contributed by atoms with E-state index in [2.05, 4.69) is 0 Å². The predicted molar refractivity (Wildman–Crippen MR) is 95.4 cm³/mol. The standard InChI is InChI=1S/C21H30O4/c1-23-19-4-2-18(3-5-19)20(22)10-6-16(7-11-20)17-8-12-21(13-9-17)24-14-15-25-21/h2-5,16-17,22H,6-15H2,1H3. The van der Waals surface area contributed by atoms with Crippen LogP contribution in [0.15, 0.2) is 24.3 Å². The molecule has 1 aliphatic heterocycles. The highest BCUT2D eigenvalue weighted by Crippen LogP contribution is 2.47. The summed E-state index contributed by atoms with van der Waals surface area (Å²) in [7, 11) is 1.67. The van der Waals surface area contributed by atoms with Crippen molar-refractivity contribution in [3.05, 3.63) is 29.8 Å². The van der Waals surface area contributed by atoms with Crippen LogP contribution in [0.4, 0.5) is 0 Å². The Kier molecular flexibility index (Phi) is 4.78. The number of hydrogen-bond donors (Lipinski definition) is 1. The number of hydrogen-bond acceptors (Lipinski definition) is 4. The van der Waals surface area contributed by atoms with Crippen molar-refractivity contribution in [2.24, 2.45) is 11.8 Å². The molecule has 4 rings (SSSR count). The van der Waals surface area contributed by atoms with Crippen LogP contribution < -0.4 is 4.74 Å². The Morgan fingerprint density at radius 2 is 1.40 bits per heavy atom. The van der Waals surface area contributed by atoms with Crippen LogP contribution in [0.1, 0.15) is 56.9 Å². The molecule has 0 radical (unpaired) electrons. The van der Waals surface area contributed by atoms with Gasteiger partial charge in [-0.1, -0.05) is 12.1 Å². The van der Waals surface area contributed by atoms with Gasteiger partial charge < -0.3 is 19.3 Å². The van der Waals surface area contributed by atoms with E-state index in [9.17, 15) is 5.11 Å². The molecule has 4 nitrogen and oxygen atoms in total. The van der Waals surface area contributed by atoms with Gasteiger partial charge in [-0.3, -0.25) is 0 Å². The van der Waals surface area contributed by atoms with Gasteiger partial charge in [0.2, 0.25) is 0 Å². The van der Waals surface area contributed by atoms with E-state index in [1.165, 1.54) is 12.8 Å². The molecular weight excluding hydrogens is 316 g/mol. The third-order valence-corrected chi connectivity index (χ3v) is 6.76. The third kappa shape index (κ3) is 3.44. The number of ether oxygens (including phenoxy) is 3. The second kappa shape index (κ2) is 6.90. The second-order valence-electron chi connectivity index (χ2n) is 8.04. The Morgan fingerprint density at radius 1 is 0.880 bits per heavy atom. The molecule has 1 heterocycles. The van der Waals surface area contributed by atoms with E-state index in [1.54, 1.807) is 7.11 Å². The summed E-state index contributed by atoms with van der Waals surface area (Å²) in [5, 5.41) is 11.1. The normalized spacial score (nSPS) is 32.8. The van der Waals surface area contributed by atoms with Crippen LogP contribution in [0.2, 0.25) is 0 Å². The molecule has 1 N–H and O–H groups in total. The quantitative estimate of drug-likeness (QED) is 0.898. The summed E-state index contributed by atoms with van der Waals surface area (Å²) in [6.07, 6.45) is 8.42. The average Bonchev–Trinajstić information content (AvgIpc) is 3.11. The van der Waals surface area contributed by atoms with E-state index in [0.717, 1.165) is 74.9 Å². The van der Waals surface area contributed by atoms with Crippen molar-refractivity contribution >= 4 is 0 Å². The van der Waals surface area contributed by atoms with Gasteiger partial charge in [0.05, 0.1) is 25.9 Å².